The van der Waals surface area contributed by atoms with Gasteiger partial charge in [-0.25, -0.2) is 0 Å². The normalized spacial score (nSPS) is 31.2. The second-order valence-electron chi connectivity index (χ2n) is 7.49. The molecule has 8 nitrogen and oxygen atoms in total. The van der Waals surface area contributed by atoms with Crippen molar-refractivity contribution in [1.82, 2.24) is 0 Å². The standard InChI is InChI=1S/C21H29ClO8P2/c1-6-8-9-16(7-2)13-21(23)31(5,24)29-20(30-32(21,25)26)18-12-17(22)10-11-19(18)28-14-27-15(3)4/h6-12,15,20,23H,2,13-14H2,1,3-5H3,(H,25,26). The summed E-state index contributed by atoms with van der Waals surface area (Å²) in [5.41, 5.74) is 0.516. The summed E-state index contributed by atoms with van der Waals surface area (Å²) in [5.74, 6) is 0.199. The molecule has 1 aliphatic heterocycles. The van der Waals surface area contributed by atoms with Crippen LogP contribution in [0, 0.1) is 0 Å². The minimum atomic E-state index is -4.90. The molecule has 0 bridgehead atoms. The van der Waals surface area contributed by atoms with Crippen LogP contribution in [0.2, 0.25) is 5.02 Å². The van der Waals surface area contributed by atoms with Gasteiger partial charge in [-0.05, 0) is 44.5 Å². The van der Waals surface area contributed by atoms with Crippen molar-refractivity contribution in [3.05, 3.63) is 65.2 Å². The summed E-state index contributed by atoms with van der Waals surface area (Å²) in [7, 11) is -9.06. The van der Waals surface area contributed by atoms with E-state index in [1.54, 1.807) is 31.2 Å². The first-order chi connectivity index (χ1) is 14.9. The quantitative estimate of drug-likeness (QED) is 0.239. The van der Waals surface area contributed by atoms with Crippen molar-refractivity contribution in [2.75, 3.05) is 13.5 Å². The van der Waals surface area contributed by atoms with Crippen LogP contribution in [0.25, 0.3) is 0 Å². The Morgan fingerprint density at radius 3 is 2.62 bits per heavy atom. The molecule has 4 atom stereocenters. The Kier molecular flexibility index (Phi) is 9.13. The van der Waals surface area contributed by atoms with E-state index in [2.05, 4.69) is 6.58 Å². The molecule has 32 heavy (non-hydrogen) atoms. The number of halogens is 1. The lowest BCUT2D eigenvalue weighted by molar-refractivity contribution is -0.0501. The smallest absolute Gasteiger partial charge is 0.372 e. The van der Waals surface area contributed by atoms with E-state index >= 15 is 0 Å². The SMILES string of the molecule is C=CC(=CC=CC)CC1(O)P(C)(=O)OC(c2cc(Cl)ccc2OCOC(C)C)OP1(=O)O. The van der Waals surface area contributed by atoms with Crippen LogP contribution in [0.4, 0.5) is 0 Å². The van der Waals surface area contributed by atoms with Crippen LogP contribution in [0.3, 0.4) is 0 Å². The van der Waals surface area contributed by atoms with E-state index in [0.717, 1.165) is 6.66 Å². The molecule has 1 aromatic rings. The van der Waals surface area contributed by atoms with Crippen LogP contribution < -0.4 is 4.74 Å². The lowest BCUT2D eigenvalue weighted by Crippen LogP contribution is -2.36. The maximum absolute atomic E-state index is 13.4. The van der Waals surface area contributed by atoms with Crippen LogP contribution in [-0.2, 0) is 22.9 Å². The summed E-state index contributed by atoms with van der Waals surface area (Å²) >= 11 is 6.08. The molecule has 2 N–H and O–H groups in total. The lowest BCUT2D eigenvalue weighted by Gasteiger charge is -2.43. The number of rotatable bonds is 9. The van der Waals surface area contributed by atoms with Crippen molar-refractivity contribution in [1.29, 1.82) is 0 Å². The van der Waals surface area contributed by atoms with Gasteiger partial charge in [-0.2, -0.15) is 0 Å². The van der Waals surface area contributed by atoms with Gasteiger partial charge in [-0.15, -0.1) is 0 Å². The lowest BCUT2D eigenvalue weighted by atomic mass is 10.2. The molecule has 0 amide bonds. The first-order valence-electron chi connectivity index (χ1n) is 9.84. The summed E-state index contributed by atoms with van der Waals surface area (Å²) in [5, 5.41) is 8.70. The highest BCUT2D eigenvalue weighted by Gasteiger charge is 2.65. The summed E-state index contributed by atoms with van der Waals surface area (Å²) in [6.45, 7) is 10.1. The third-order valence-corrected chi connectivity index (χ3v) is 10.4. The first kappa shape index (κ1) is 27.0. The molecule has 0 saturated carbocycles. The van der Waals surface area contributed by atoms with Gasteiger partial charge < -0.3 is 19.5 Å². The van der Waals surface area contributed by atoms with Crippen molar-refractivity contribution >= 4 is 26.6 Å². The van der Waals surface area contributed by atoms with Crippen molar-refractivity contribution in [3.8, 4) is 5.75 Å². The topological polar surface area (TPSA) is 112 Å². The maximum Gasteiger partial charge on any atom is 0.372 e. The van der Waals surface area contributed by atoms with E-state index < -0.39 is 32.8 Å². The highest BCUT2D eigenvalue weighted by Crippen LogP contribution is 2.80. The monoisotopic (exact) mass is 506 g/mol. The van der Waals surface area contributed by atoms with E-state index in [1.165, 1.54) is 18.2 Å². The highest BCUT2D eigenvalue weighted by atomic mass is 35.5. The molecule has 1 saturated heterocycles. The zero-order valence-electron chi connectivity index (χ0n) is 18.4. The van der Waals surface area contributed by atoms with Crippen LogP contribution in [-0.4, -0.2) is 34.6 Å². The van der Waals surface area contributed by atoms with Gasteiger partial charge in [-0.3, -0.25) is 18.2 Å². The summed E-state index contributed by atoms with van der Waals surface area (Å²) in [6.07, 6.45) is 4.23. The Balaban J connectivity index is 2.42. The fraction of sp³-hybridized carbons (Fsp3) is 0.429. The third kappa shape index (κ3) is 6.02. The van der Waals surface area contributed by atoms with Crippen molar-refractivity contribution in [2.45, 2.75) is 44.7 Å². The number of aliphatic hydroxyl groups is 1. The second kappa shape index (κ2) is 10.8. The van der Waals surface area contributed by atoms with Crippen LogP contribution in [0.1, 0.15) is 39.0 Å². The van der Waals surface area contributed by atoms with Gasteiger partial charge >= 0.3 is 7.60 Å². The van der Waals surface area contributed by atoms with Crippen molar-refractivity contribution in [2.24, 2.45) is 0 Å². The van der Waals surface area contributed by atoms with Gasteiger partial charge in [0.1, 0.15) is 5.75 Å². The van der Waals surface area contributed by atoms with Crippen molar-refractivity contribution in [3.63, 3.8) is 0 Å². The van der Waals surface area contributed by atoms with E-state index in [-0.39, 0.29) is 29.2 Å². The molecule has 0 radical (unpaired) electrons. The first-order valence-corrected chi connectivity index (χ1v) is 13.9. The number of ether oxygens (including phenoxy) is 2. The molecular formula is C21H29ClO8P2. The Hall–Kier alpha value is -1.21. The van der Waals surface area contributed by atoms with Gasteiger partial charge in [0.2, 0.25) is 18.7 Å². The minimum Gasteiger partial charge on any atom is -0.467 e. The predicted octanol–water partition coefficient (Wildman–Crippen LogP) is 5.96. The summed E-state index contributed by atoms with van der Waals surface area (Å²) < 4.78 is 48.4. The Bertz CT molecular complexity index is 962. The molecule has 0 aliphatic carbocycles. The Labute approximate surface area is 193 Å². The van der Waals surface area contributed by atoms with Gasteiger partial charge in [-0.1, -0.05) is 42.5 Å². The van der Waals surface area contributed by atoms with Gasteiger partial charge in [0.15, 0.2) is 6.79 Å². The Morgan fingerprint density at radius 1 is 1.38 bits per heavy atom. The van der Waals surface area contributed by atoms with Crippen molar-refractivity contribution < 1.29 is 37.7 Å². The molecule has 0 spiro atoms. The number of allylic oxidation sites excluding steroid dienone is 4. The molecule has 11 heteroatoms. The third-order valence-electron chi connectivity index (χ3n) is 4.69. The molecular weight excluding hydrogens is 478 g/mol. The van der Waals surface area contributed by atoms with Gasteiger partial charge in [0.05, 0.1) is 11.7 Å². The maximum atomic E-state index is 13.4. The second-order valence-corrected chi connectivity index (χ2v) is 12.9. The van der Waals surface area contributed by atoms with E-state index in [4.69, 9.17) is 30.1 Å². The largest absolute Gasteiger partial charge is 0.467 e. The number of benzene rings is 1. The number of hydrogen-bond acceptors (Lipinski definition) is 7. The highest BCUT2D eigenvalue weighted by molar-refractivity contribution is 7.76. The molecule has 178 valence electrons. The average Bonchev–Trinajstić information content (AvgIpc) is 2.69. The van der Waals surface area contributed by atoms with Crippen LogP contribution in [0.15, 0.2) is 54.7 Å². The molecule has 0 aromatic heterocycles. The predicted molar refractivity (Wildman–Crippen MR) is 124 cm³/mol. The molecule has 2 rings (SSSR count). The fourth-order valence-electron chi connectivity index (χ4n) is 2.85. The molecule has 1 heterocycles. The van der Waals surface area contributed by atoms with Crippen LogP contribution >= 0.6 is 26.6 Å². The van der Waals surface area contributed by atoms with E-state index in [1.807, 2.05) is 13.8 Å². The number of hydrogen-bond donors (Lipinski definition) is 2. The molecule has 1 aromatic carbocycles. The average molecular weight is 507 g/mol. The van der Waals surface area contributed by atoms with Gasteiger partial charge in [0.25, 0.3) is 0 Å². The van der Waals surface area contributed by atoms with Crippen LogP contribution in [0.5, 0.6) is 5.75 Å². The molecule has 4 unspecified atom stereocenters. The Morgan fingerprint density at radius 2 is 2.06 bits per heavy atom. The zero-order chi connectivity index (χ0) is 24.2. The minimum absolute atomic E-state index is 0.0916. The zero-order valence-corrected chi connectivity index (χ0v) is 21.0. The van der Waals surface area contributed by atoms with Gasteiger partial charge in [0, 0.05) is 18.1 Å². The molecule has 1 aliphatic rings. The summed E-state index contributed by atoms with van der Waals surface area (Å²) in [4.78, 5) is 10.7. The summed E-state index contributed by atoms with van der Waals surface area (Å²) in [6, 6.07) is 4.46. The molecule has 1 fully saturated rings. The van der Waals surface area contributed by atoms with E-state index in [9.17, 15) is 19.1 Å². The fourth-order valence-corrected chi connectivity index (χ4v) is 7.34. The van der Waals surface area contributed by atoms with E-state index in [0.29, 0.717) is 5.57 Å².